The molecule has 1 aromatic carbocycles. The van der Waals surface area contributed by atoms with Crippen LogP contribution in [0.5, 0.6) is 0 Å². The van der Waals surface area contributed by atoms with E-state index in [0.29, 0.717) is 25.9 Å². The van der Waals surface area contributed by atoms with E-state index in [1.165, 1.54) is 12.1 Å². The summed E-state index contributed by atoms with van der Waals surface area (Å²) in [6.45, 7) is 1.01. The molecule has 0 unspecified atom stereocenters. The molecule has 0 bridgehead atoms. The Balaban J connectivity index is 1.90. The summed E-state index contributed by atoms with van der Waals surface area (Å²) < 4.78 is 24.1. The number of sulfone groups is 1. The number of carbonyl (C=O) groups excluding carboxylic acids is 1. The molecule has 1 heterocycles. The Bertz CT molecular complexity index is 548. The van der Waals surface area contributed by atoms with Crippen LogP contribution in [0.3, 0.4) is 0 Å². The fourth-order valence-corrected chi connectivity index (χ4v) is 3.49. The second-order valence-corrected chi connectivity index (χ2v) is 7.10. The highest BCUT2D eigenvalue weighted by Crippen LogP contribution is 2.14. The molecule has 5 nitrogen and oxygen atoms in total. The number of hydrogen-bond donors (Lipinski definition) is 1. The zero-order chi connectivity index (χ0) is 14.6. The number of carbonyl (C=O) groups is 1. The van der Waals surface area contributed by atoms with E-state index in [4.69, 9.17) is 0 Å². The van der Waals surface area contributed by atoms with E-state index in [1.54, 1.807) is 23.1 Å². The molecule has 0 radical (unpaired) electrons. The molecule has 1 saturated heterocycles. The number of rotatable bonds is 4. The molecule has 6 heteroatoms. The van der Waals surface area contributed by atoms with Crippen molar-refractivity contribution < 1.29 is 18.3 Å². The summed E-state index contributed by atoms with van der Waals surface area (Å²) in [6.07, 6.45) is 0.786. The molecule has 1 aliphatic rings. The van der Waals surface area contributed by atoms with Gasteiger partial charge >= 0.3 is 0 Å². The average molecular weight is 297 g/mol. The number of benzene rings is 1. The van der Waals surface area contributed by atoms with Crippen molar-refractivity contribution in [2.75, 3.05) is 18.8 Å². The standard InChI is InChI=1S/C14H19NO4S/c16-12-6-9-15(10-7-12)14(17)8-11-20(18,19)13-4-2-1-3-5-13/h1-5,12,16H,6-11H2. The highest BCUT2D eigenvalue weighted by Gasteiger charge is 2.23. The molecule has 0 saturated carbocycles. The Labute approximate surface area is 119 Å². The molecular weight excluding hydrogens is 278 g/mol. The van der Waals surface area contributed by atoms with E-state index in [1.807, 2.05) is 0 Å². The maximum atomic E-state index is 12.1. The van der Waals surface area contributed by atoms with E-state index in [9.17, 15) is 18.3 Å². The van der Waals surface area contributed by atoms with Crippen molar-refractivity contribution >= 4 is 15.7 Å². The van der Waals surface area contributed by atoms with Gasteiger partial charge in [0.15, 0.2) is 9.84 Å². The van der Waals surface area contributed by atoms with Gasteiger partial charge in [-0.3, -0.25) is 4.79 Å². The van der Waals surface area contributed by atoms with Crippen molar-refractivity contribution in [3.8, 4) is 0 Å². The van der Waals surface area contributed by atoms with Gasteiger partial charge in [0.2, 0.25) is 5.91 Å². The molecule has 1 N–H and O–H groups in total. The third-order valence-corrected chi connectivity index (χ3v) is 5.24. The first-order valence-corrected chi connectivity index (χ1v) is 8.38. The van der Waals surface area contributed by atoms with Crippen molar-refractivity contribution in [1.29, 1.82) is 0 Å². The molecule has 1 aliphatic heterocycles. The van der Waals surface area contributed by atoms with Gasteiger partial charge in [-0.1, -0.05) is 18.2 Å². The molecule has 0 spiro atoms. The quantitative estimate of drug-likeness (QED) is 0.893. The first kappa shape index (κ1) is 15.0. The van der Waals surface area contributed by atoms with Crippen molar-refractivity contribution in [1.82, 2.24) is 4.90 Å². The first-order chi connectivity index (χ1) is 9.49. The summed E-state index contributed by atoms with van der Waals surface area (Å²) in [5.74, 6) is -0.328. The minimum absolute atomic E-state index is 0.00662. The summed E-state index contributed by atoms with van der Waals surface area (Å²) in [5.41, 5.74) is 0. The number of aliphatic hydroxyl groups is 1. The van der Waals surface area contributed by atoms with Gasteiger partial charge < -0.3 is 10.0 Å². The van der Waals surface area contributed by atoms with Crippen LogP contribution < -0.4 is 0 Å². The molecule has 1 aromatic rings. The third-order valence-electron chi connectivity index (χ3n) is 3.50. The number of aliphatic hydroxyl groups excluding tert-OH is 1. The van der Waals surface area contributed by atoms with Crippen LogP contribution in [0.25, 0.3) is 0 Å². The predicted octanol–water partition coefficient (Wildman–Crippen LogP) is 0.834. The highest BCUT2D eigenvalue weighted by molar-refractivity contribution is 7.91. The molecule has 0 atom stereocenters. The summed E-state index contributed by atoms with van der Waals surface area (Å²) in [6, 6.07) is 8.17. The van der Waals surface area contributed by atoms with Crippen LogP contribution >= 0.6 is 0 Å². The van der Waals surface area contributed by atoms with Crippen molar-refractivity contribution in [2.45, 2.75) is 30.3 Å². The fourth-order valence-electron chi connectivity index (χ4n) is 2.24. The minimum atomic E-state index is -3.40. The lowest BCUT2D eigenvalue weighted by Gasteiger charge is -2.29. The van der Waals surface area contributed by atoms with Gasteiger partial charge in [-0.15, -0.1) is 0 Å². The number of nitrogens with zero attached hydrogens (tertiary/aromatic N) is 1. The van der Waals surface area contributed by atoms with Crippen LogP contribution in [-0.2, 0) is 14.6 Å². The highest BCUT2D eigenvalue weighted by atomic mass is 32.2. The van der Waals surface area contributed by atoms with Gasteiger partial charge in [0.25, 0.3) is 0 Å². The molecule has 2 rings (SSSR count). The van der Waals surface area contributed by atoms with Crippen molar-refractivity contribution in [2.24, 2.45) is 0 Å². The van der Waals surface area contributed by atoms with E-state index >= 15 is 0 Å². The van der Waals surface area contributed by atoms with Crippen LogP contribution in [0.4, 0.5) is 0 Å². The molecule has 110 valence electrons. The van der Waals surface area contributed by atoms with Crippen molar-refractivity contribution in [3.05, 3.63) is 30.3 Å². The second kappa shape index (κ2) is 6.37. The van der Waals surface area contributed by atoms with Gasteiger partial charge in [0, 0.05) is 19.5 Å². The minimum Gasteiger partial charge on any atom is -0.393 e. The second-order valence-electron chi connectivity index (χ2n) is 4.99. The third kappa shape index (κ3) is 3.80. The van der Waals surface area contributed by atoms with E-state index < -0.39 is 9.84 Å². The molecular formula is C14H19NO4S. The summed E-state index contributed by atoms with van der Waals surface area (Å²) in [7, 11) is -3.40. The smallest absolute Gasteiger partial charge is 0.223 e. The van der Waals surface area contributed by atoms with Gasteiger partial charge in [-0.2, -0.15) is 0 Å². The van der Waals surface area contributed by atoms with Crippen LogP contribution in [0.2, 0.25) is 0 Å². The molecule has 20 heavy (non-hydrogen) atoms. The first-order valence-electron chi connectivity index (χ1n) is 6.73. The molecule has 0 aliphatic carbocycles. The van der Waals surface area contributed by atoms with Gasteiger partial charge in [0.1, 0.15) is 0 Å². The van der Waals surface area contributed by atoms with Crippen molar-refractivity contribution in [3.63, 3.8) is 0 Å². The topological polar surface area (TPSA) is 74.7 Å². The fraction of sp³-hybridized carbons (Fsp3) is 0.500. The maximum absolute atomic E-state index is 12.1. The van der Waals surface area contributed by atoms with Gasteiger partial charge in [0.05, 0.1) is 16.8 Å². The summed E-state index contributed by atoms with van der Waals surface area (Å²) in [5, 5.41) is 9.38. The lowest BCUT2D eigenvalue weighted by molar-refractivity contribution is -0.132. The largest absolute Gasteiger partial charge is 0.393 e. The summed E-state index contributed by atoms with van der Waals surface area (Å²) >= 11 is 0. The lowest BCUT2D eigenvalue weighted by atomic mass is 10.1. The number of hydrogen-bond acceptors (Lipinski definition) is 4. The van der Waals surface area contributed by atoms with E-state index in [2.05, 4.69) is 0 Å². The van der Waals surface area contributed by atoms with Crippen LogP contribution in [-0.4, -0.2) is 49.3 Å². The Kier molecular flexibility index (Phi) is 4.77. The maximum Gasteiger partial charge on any atom is 0.223 e. The number of amides is 1. The van der Waals surface area contributed by atoms with E-state index in [-0.39, 0.29) is 29.1 Å². The lowest BCUT2D eigenvalue weighted by Crippen LogP contribution is -2.40. The Morgan fingerprint density at radius 3 is 2.40 bits per heavy atom. The average Bonchev–Trinajstić information content (AvgIpc) is 2.46. The van der Waals surface area contributed by atoms with Gasteiger partial charge in [-0.25, -0.2) is 8.42 Å². The molecule has 0 aromatic heterocycles. The molecule has 1 fully saturated rings. The number of piperidine rings is 1. The predicted molar refractivity (Wildman–Crippen MR) is 74.9 cm³/mol. The van der Waals surface area contributed by atoms with Crippen LogP contribution in [0.15, 0.2) is 35.2 Å². The zero-order valence-corrected chi connectivity index (χ0v) is 12.1. The SMILES string of the molecule is O=C(CCS(=O)(=O)c1ccccc1)N1CCC(O)CC1. The van der Waals surface area contributed by atoms with E-state index in [0.717, 1.165) is 0 Å². The Morgan fingerprint density at radius 1 is 1.20 bits per heavy atom. The number of likely N-dealkylation sites (tertiary alicyclic amines) is 1. The zero-order valence-electron chi connectivity index (χ0n) is 11.2. The monoisotopic (exact) mass is 297 g/mol. The molecule has 1 amide bonds. The van der Waals surface area contributed by atoms with Crippen LogP contribution in [0, 0.1) is 0 Å². The Hall–Kier alpha value is -1.40. The van der Waals surface area contributed by atoms with Gasteiger partial charge in [-0.05, 0) is 25.0 Å². The Morgan fingerprint density at radius 2 is 1.80 bits per heavy atom. The van der Waals surface area contributed by atoms with Crippen LogP contribution in [0.1, 0.15) is 19.3 Å². The normalized spacial score (nSPS) is 17.1. The summed E-state index contributed by atoms with van der Waals surface area (Å²) in [4.78, 5) is 13.8.